The Morgan fingerprint density at radius 3 is 2.59 bits per heavy atom. The summed E-state index contributed by atoms with van der Waals surface area (Å²) in [5.41, 5.74) is 7.05. The number of methoxy groups -OCH3 is 1. The van der Waals surface area contributed by atoms with E-state index >= 15 is 0 Å². The maximum atomic E-state index is 5.98. The second-order valence-corrected chi connectivity index (χ2v) is 5.59. The molecule has 2 nitrogen and oxygen atoms in total. The van der Waals surface area contributed by atoms with Crippen molar-refractivity contribution < 1.29 is 4.74 Å². The summed E-state index contributed by atoms with van der Waals surface area (Å²) in [5, 5.41) is 0.764. The number of unbranched alkanes of at least 4 members (excludes halogenated alkanes) is 1. The van der Waals surface area contributed by atoms with Crippen molar-refractivity contribution in [1.82, 2.24) is 0 Å². The fourth-order valence-electron chi connectivity index (χ4n) is 1.84. The molecule has 0 aliphatic heterocycles. The first kappa shape index (κ1) is 14.3. The van der Waals surface area contributed by atoms with Gasteiger partial charge >= 0.3 is 0 Å². The molecule has 1 aromatic rings. The molecule has 1 aromatic carbocycles. The predicted octanol–water partition coefficient (Wildman–Crippen LogP) is 3.80. The molecule has 0 saturated carbocycles. The molecule has 0 heterocycles. The number of nitrogens with two attached hydrogens (primary N) is 1. The van der Waals surface area contributed by atoms with Gasteiger partial charge in [0.1, 0.15) is 5.75 Å². The van der Waals surface area contributed by atoms with Gasteiger partial charge in [0.05, 0.1) is 7.11 Å². The van der Waals surface area contributed by atoms with Crippen molar-refractivity contribution in [2.24, 2.45) is 5.73 Å². The monoisotopic (exact) mass is 255 g/mol. The number of hydrogen-bond donors (Lipinski definition) is 1. The largest absolute Gasteiger partial charge is 0.496 e. The van der Waals surface area contributed by atoms with E-state index in [-0.39, 0.29) is 5.54 Å². The van der Waals surface area contributed by atoms with Gasteiger partial charge in [0, 0.05) is 10.6 Å². The lowest BCUT2D eigenvalue weighted by Crippen LogP contribution is -2.31. The fraction of sp³-hybridized carbons (Fsp3) is 0.571. The van der Waals surface area contributed by atoms with Crippen molar-refractivity contribution >= 4 is 11.6 Å². The van der Waals surface area contributed by atoms with Crippen molar-refractivity contribution in [3.63, 3.8) is 0 Å². The average Bonchev–Trinajstić information content (AvgIpc) is 2.23. The molecule has 0 aliphatic rings. The first-order valence-electron chi connectivity index (χ1n) is 6.04. The van der Waals surface area contributed by atoms with Crippen LogP contribution >= 0.6 is 11.6 Å². The molecule has 1 rings (SSSR count). The van der Waals surface area contributed by atoms with Gasteiger partial charge in [-0.1, -0.05) is 18.0 Å². The highest BCUT2D eigenvalue weighted by molar-refractivity contribution is 6.30. The molecule has 2 N–H and O–H groups in total. The molecule has 0 radical (unpaired) electrons. The summed E-state index contributed by atoms with van der Waals surface area (Å²) in [5.74, 6) is 0.918. The summed E-state index contributed by atoms with van der Waals surface area (Å²) < 4.78 is 5.31. The van der Waals surface area contributed by atoms with E-state index in [1.54, 1.807) is 7.11 Å². The van der Waals surface area contributed by atoms with Crippen LogP contribution in [-0.2, 0) is 6.42 Å². The van der Waals surface area contributed by atoms with E-state index in [9.17, 15) is 0 Å². The van der Waals surface area contributed by atoms with Crippen LogP contribution < -0.4 is 10.5 Å². The molecular weight excluding hydrogens is 234 g/mol. The number of aryl methyl sites for hydroxylation is 1. The molecule has 0 spiro atoms. The SMILES string of the molecule is COc1ccc(Cl)cc1CCCCC(C)(C)N. The van der Waals surface area contributed by atoms with Gasteiger partial charge in [0.25, 0.3) is 0 Å². The summed E-state index contributed by atoms with van der Waals surface area (Å²) in [6.07, 6.45) is 4.26. The fourth-order valence-corrected chi connectivity index (χ4v) is 2.03. The van der Waals surface area contributed by atoms with Crippen molar-refractivity contribution in [2.45, 2.75) is 45.1 Å². The van der Waals surface area contributed by atoms with Crippen LogP contribution in [0, 0.1) is 0 Å². The molecule has 0 aromatic heterocycles. The molecule has 0 amide bonds. The molecule has 0 unspecified atom stereocenters. The van der Waals surface area contributed by atoms with Crippen molar-refractivity contribution in [1.29, 1.82) is 0 Å². The molecular formula is C14H22ClNO. The Morgan fingerprint density at radius 2 is 2.00 bits per heavy atom. The molecule has 17 heavy (non-hydrogen) atoms. The Bertz CT molecular complexity index is 358. The molecule has 0 saturated heterocycles. The first-order chi connectivity index (χ1) is 7.92. The highest BCUT2D eigenvalue weighted by atomic mass is 35.5. The third-order valence-corrected chi connectivity index (χ3v) is 2.99. The Hall–Kier alpha value is -0.730. The number of rotatable bonds is 6. The second-order valence-electron chi connectivity index (χ2n) is 5.15. The van der Waals surface area contributed by atoms with Gasteiger partial charge in [0.2, 0.25) is 0 Å². The van der Waals surface area contributed by atoms with E-state index in [2.05, 4.69) is 13.8 Å². The van der Waals surface area contributed by atoms with Crippen LogP contribution in [0.2, 0.25) is 5.02 Å². The van der Waals surface area contributed by atoms with E-state index in [0.717, 1.165) is 36.5 Å². The summed E-state index contributed by atoms with van der Waals surface area (Å²) in [4.78, 5) is 0. The number of benzene rings is 1. The van der Waals surface area contributed by atoms with Crippen LogP contribution in [-0.4, -0.2) is 12.6 Å². The summed E-state index contributed by atoms with van der Waals surface area (Å²) in [6, 6.07) is 5.76. The third kappa shape index (κ3) is 5.42. The third-order valence-electron chi connectivity index (χ3n) is 2.76. The number of ether oxygens (including phenoxy) is 1. The van der Waals surface area contributed by atoms with Crippen LogP contribution in [0.3, 0.4) is 0 Å². The molecule has 0 bridgehead atoms. The zero-order valence-electron chi connectivity index (χ0n) is 10.9. The Labute approximate surface area is 109 Å². The van der Waals surface area contributed by atoms with Crippen LogP contribution in [0.5, 0.6) is 5.75 Å². The molecule has 0 fully saturated rings. The Balaban J connectivity index is 2.48. The lowest BCUT2D eigenvalue weighted by Gasteiger charge is -2.18. The standard InChI is InChI=1S/C14H22ClNO/c1-14(2,16)9-5-4-6-11-10-12(15)7-8-13(11)17-3/h7-8,10H,4-6,9,16H2,1-3H3. The lowest BCUT2D eigenvalue weighted by molar-refractivity contribution is 0.407. The maximum Gasteiger partial charge on any atom is 0.122 e. The van der Waals surface area contributed by atoms with Crippen molar-refractivity contribution in [2.75, 3.05) is 7.11 Å². The van der Waals surface area contributed by atoms with Gasteiger partial charge in [-0.2, -0.15) is 0 Å². The Kier molecular flexibility index (Phi) is 5.29. The van der Waals surface area contributed by atoms with Gasteiger partial charge in [-0.3, -0.25) is 0 Å². The molecule has 3 heteroatoms. The van der Waals surface area contributed by atoms with Crippen LogP contribution in [0.15, 0.2) is 18.2 Å². The number of halogens is 1. The average molecular weight is 256 g/mol. The van der Waals surface area contributed by atoms with Gasteiger partial charge in [-0.25, -0.2) is 0 Å². The quantitative estimate of drug-likeness (QED) is 0.785. The van der Waals surface area contributed by atoms with Gasteiger partial charge < -0.3 is 10.5 Å². The van der Waals surface area contributed by atoms with E-state index < -0.39 is 0 Å². The Morgan fingerprint density at radius 1 is 1.29 bits per heavy atom. The number of hydrogen-bond acceptors (Lipinski definition) is 2. The van der Waals surface area contributed by atoms with E-state index in [1.165, 1.54) is 5.56 Å². The van der Waals surface area contributed by atoms with Crippen LogP contribution in [0.25, 0.3) is 0 Å². The van der Waals surface area contributed by atoms with Crippen LogP contribution in [0.1, 0.15) is 38.7 Å². The van der Waals surface area contributed by atoms with E-state index in [1.807, 2.05) is 18.2 Å². The zero-order chi connectivity index (χ0) is 12.9. The minimum atomic E-state index is -0.0710. The topological polar surface area (TPSA) is 35.2 Å². The van der Waals surface area contributed by atoms with Crippen molar-refractivity contribution in [3.8, 4) is 5.75 Å². The first-order valence-corrected chi connectivity index (χ1v) is 6.41. The lowest BCUT2D eigenvalue weighted by atomic mass is 9.97. The van der Waals surface area contributed by atoms with Gasteiger partial charge in [-0.05, 0) is 56.9 Å². The zero-order valence-corrected chi connectivity index (χ0v) is 11.7. The molecule has 0 atom stereocenters. The second kappa shape index (κ2) is 6.27. The highest BCUT2D eigenvalue weighted by Crippen LogP contribution is 2.24. The van der Waals surface area contributed by atoms with E-state index in [0.29, 0.717) is 0 Å². The van der Waals surface area contributed by atoms with Gasteiger partial charge in [0.15, 0.2) is 0 Å². The van der Waals surface area contributed by atoms with Gasteiger partial charge in [-0.15, -0.1) is 0 Å². The predicted molar refractivity (Wildman–Crippen MR) is 73.8 cm³/mol. The minimum Gasteiger partial charge on any atom is -0.496 e. The highest BCUT2D eigenvalue weighted by Gasteiger charge is 2.10. The molecule has 96 valence electrons. The minimum absolute atomic E-state index is 0.0710. The summed E-state index contributed by atoms with van der Waals surface area (Å²) in [7, 11) is 1.69. The summed E-state index contributed by atoms with van der Waals surface area (Å²) in [6.45, 7) is 4.12. The normalized spacial score (nSPS) is 11.6. The van der Waals surface area contributed by atoms with Crippen molar-refractivity contribution in [3.05, 3.63) is 28.8 Å². The maximum absolute atomic E-state index is 5.98. The smallest absolute Gasteiger partial charge is 0.122 e. The van der Waals surface area contributed by atoms with Crippen LogP contribution in [0.4, 0.5) is 0 Å². The summed E-state index contributed by atoms with van der Waals surface area (Å²) >= 11 is 5.98. The molecule has 0 aliphatic carbocycles. The van der Waals surface area contributed by atoms with E-state index in [4.69, 9.17) is 22.1 Å².